The number of rotatable bonds is 19. The van der Waals surface area contributed by atoms with Crippen LogP contribution in [0.3, 0.4) is 0 Å². The van der Waals surface area contributed by atoms with E-state index in [2.05, 4.69) is 20.7 Å². The van der Waals surface area contributed by atoms with E-state index in [0.29, 0.717) is 19.3 Å². The summed E-state index contributed by atoms with van der Waals surface area (Å²) in [6.07, 6.45) is -23.9. The lowest BCUT2D eigenvalue weighted by atomic mass is 10.0. The number of urea groups is 1. The molecule has 4 heterocycles. The summed E-state index contributed by atoms with van der Waals surface area (Å²) >= 11 is 2.55. The van der Waals surface area contributed by atoms with Crippen LogP contribution in [-0.2, 0) is 28.6 Å². The number of nitrogens with zero attached hydrogens (tertiary/aromatic N) is 2. The van der Waals surface area contributed by atoms with Crippen molar-refractivity contribution in [2.24, 2.45) is 0 Å². The Balaban J connectivity index is 1.35. The third-order valence-electron chi connectivity index (χ3n) is 9.52. The largest absolute Gasteiger partial charge is 0.576 e. The summed E-state index contributed by atoms with van der Waals surface area (Å²) in [5.41, 5.74) is -1.68. The number of fused-ring (bicyclic) bond motifs is 1. The fraction of sp³-hybridized carbons (Fsp3) is 0.742. The smallest absolute Gasteiger partial charge is 0.463 e. The first-order valence-electron chi connectivity index (χ1n) is 17.7. The number of amides is 3. The lowest BCUT2D eigenvalue weighted by Crippen LogP contribution is -2.73. The van der Waals surface area contributed by atoms with Gasteiger partial charge in [-0.3, -0.25) is 28.7 Å². The monoisotopic (exact) mass is 907 g/mol. The zero-order valence-corrected chi connectivity index (χ0v) is 32.1. The Hall–Kier alpha value is -3.73. The number of esters is 2. The van der Waals surface area contributed by atoms with Gasteiger partial charge in [-0.25, -0.2) is 9.59 Å². The molecule has 0 aliphatic carbocycles. The number of quaternary nitrogens is 1. The van der Waals surface area contributed by atoms with Gasteiger partial charge in [0, 0.05) is 41.9 Å². The number of aliphatic hydroxyl groups is 2. The van der Waals surface area contributed by atoms with Gasteiger partial charge in [0.25, 0.3) is 5.56 Å². The first-order valence-corrected chi connectivity index (χ1v) is 19.8. The van der Waals surface area contributed by atoms with E-state index in [-0.39, 0.29) is 35.5 Å². The molecule has 1 unspecified atom stereocenters. The minimum atomic E-state index is -6.92. The molecule has 17 nitrogen and oxygen atoms in total. The second-order valence-electron chi connectivity index (χ2n) is 13.5. The number of nitrogens with one attached hydrogen (secondary N) is 4. The van der Waals surface area contributed by atoms with E-state index in [0.717, 1.165) is 34.3 Å². The quantitative estimate of drug-likeness (QED) is 0.0288. The molecule has 0 spiro atoms. The lowest BCUT2D eigenvalue weighted by Gasteiger charge is -2.38. The van der Waals surface area contributed by atoms with Gasteiger partial charge in [0.05, 0.1) is 42.5 Å². The van der Waals surface area contributed by atoms with Crippen molar-refractivity contribution in [2.45, 2.75) is 104 Å². The van der Waals surface area contributed by atoms with Crippen LogP contribution < -0.4 is 27.2 Å². The third-order valence-corrected chi connectivity index (χ3v) is 12.5. The number of unbranched alkanes of at least 4 members (excludes halogenated alkanes) is 1. The van der Waals surface area contributed by atoms with Crippen molar-refractivity contribution in [2.75, 3.05) is 37.9 Å². The first kappa shape index (κ1) is 47.9. The highest BCUT2D eigenvalue weighted by molar-refractivity contribution is 8.00. The minimum absolute atomic E-state index is 0.0110. The second-order valence-corrected chi connectivity index (χ2v) is 16.0. The van der Waals surface area contributed by atoms with Crippen LogP contribution in [0.5, 0.6) is 0 Å². The molecule has 0 aromatic carbocycles. The van der Waals surface area contributed by atoms with Gasteiger partial charge in [-0.1, -0.05) is 6.42 Å². The molecule has 0 bridgehead atoms. The molecule has 59 heavy (non-hydrogen) atoms. The van der Waals surface area contributed by atoms with E-state index in [4.69, 9.17) is 9.47 Å². The number of hydrogen-bond acceptors (Lipinski definition) is 13. The number of thioether (sulfide) groups is 2. The summed E-state index contributed by atoms with van der Waals surface area (Å²) in [4.78, 5) is 75.4. The molecule has 0 radical (unpaired) electrons. The average molecular weight is 908 g/mol. The van der Waals surface area contributed by atoms with E-state index >= 15 is 0 Å². The molecule has 1 aromatic heterocycles. The maximum absolute atomic E-state index is 13.2. The summed E-state index contributed by atoms with van der Waals surface area (Å²) in [6, 6.07) is -0.434. The van der Waals surface area contributed by atoms with E-state index in [1.54, 1.807) is 11.8 Å². The average Bonchev–Trinajstić information content (AvgIpc) is 3.78. The van der Waals surface area contributed by atoms with Crippen molar-refractivity contribution in [3.8, 4) is 0 Å². The highest BCUT2D eigenvalue weighted by Gasteiger charge is 2.84. The molecule has 3 aliphatic heterocycles. The van der Waals surface area contributed by atoms with Crippen molar-refractivity contribution in [3.05, 3.63) is 33.1 Å². The summed E-state index contributed by atoms with van der Waals surface area (Å²) < 4.78 is 129. The molecule has 1 aromatic rings. The summed E-state index contributed by atoms with van der Waals surface area (Å²) in [5, 5.41) is 27.7. The maximum Gasteiger partial charge on any atom is 0.576 e. The van der Waals surface area contributed by atoms with Crippen LogP contribution in [0.4, 0.5) is 44.3 Å². The number of H-pyrrole nitrogens is 1. The minimum Gasteiger partial charge on any atom is -0.463 e. The summed E-state index contributed by atoms with van der Waals surface area (Å²) in [6.45, 7) is -6.00. The SMILES string of the molecule is O=C(CCC(=O)OCC[N+](C(F)(F)F)(C(F)(F)F)C(F)(F)F)N[C@H](COC(=O)CCCC[C@@H]1SC[C@H]2NC(=O)N[C@H]12)CS[C@H]1C(O)[C@@H](CO)O[C@H]1n1ccc(=O)[nH]c1=O. The fourth-order valence-electron chi connectivity index (χ4n) is 6.48. The van der Waals surface area contributed by atoms with Gasteiger partial charge in [0.1, 0.15) is 25.9 Å². The number of carbonyl (C=O) groups is 4. The zero-order chi connectivity index (χ0) is 43.9. The van der Waals surface area contributed by atoms with Crippen LogP contribution in [0.1, 0.15) is 44.8 Å². The fourth-order valence-corrected chi connectivity index (χ4v) is 9.39. The zero-order valence-electron chi connectivity index (χ0n) is 30.4. The molecule has 3 fully saturated rings. The highest BCUT2D eigenvalue weighted by atomic mass is 32.2. The number of aromatic amines is 1. The molecule has 0 saturated carbocycles. The Morgan fingerprint density at radius 1 is 0.983 bits per heavy atom. The molecular formula is C31H40F9N6O11S2+. The van der Waals surface area contributed by atoms with Gasteiger partial charge >= 0.3 is 42.6 Å². The standard InChI is InChI=1S/C31H39F9N6O11S2/c32-29(33,34)46(30(35,36)37,31(38,39)40)9-10-55-22(51)6-5-19(48)41-15(12-56-21(50)4-2-1-3-18-23-16(14-58-18)42-27(53)44-23)13-59-25-24(52)17(11-47)57-26(25)45-8-7-20(49)43-28(45)54/h7-8,15-18,23-26,47,52H,1-6,9-14H2,(H3-,41,42,43,44,48,49,53,54)/p+1/t15-,16-,17-,18+,23+,24?,25+,26-/m1/s1. The Kier molecular flexibility index (Phi) is 16.1. The van der Waals surface area contributed by atoms with Gasteiger partial charge in [-0.15, -0.1) is 51.3 Å². The second kappa shape index (κ2) is 19.8. The van der Waals surface area contributed by atoms with E-state index in [1.807, 2.05) is 4.98 Å². The van der Waals surface area contributed by atoms with Crippen molar-refractivity contribution < 1.29 is 87.6 Å². The molecule has 6 N–H and O–H groups in total. The first-order chi connectivity index (χ1) is 27.5. The highest BCUT2D eigenvalue weighted by Crippen LogP contribution is 2.51. The van der Waals surface area contributed by atoms with Crippen LogP contribution in [0.2, 0.25) is 0 Å². The van der Waals surface area contributed by atoms with Gasteiger partial charge < -0.3 is 40.4 Å². The number of hydrogen-bond donors (Lipinski definition) is 6. The predicted molar refractivity (Wildman–Crippen MR) is 185 cm³/mol. The van der Waals surface area contributed by atoms with Crippen LogP contribution in [-0.4, -0.2) is 146 Å². The van der Waals surface area contributed by atoms with Crippen LogP contribution >= 0.6 is 23.5 Å². The molecule has 8 atom stereocenters. The van der Waals surface area contributed by atoms with Crippen molar-refractivity contribution in [1.82, 2.24) is 25.5 Å². The number of aliphatic hydroxyl groups excluding tert-OH is 2. The van der Waals surface area contributed by atoms with Gasteiger partial charge in [0.2, 0.25) is 5.91 Å². The van der Waals surface area contributed by atoms with Gasteiger partial charge in [-0.2, -0.15) is 11.8 Å². The van der Waals surface area contributed by atoms with Crippen molar-refractivity contribution in [1.29, 1.82) is 0 Å². The molecule has 4 rings (SSSR count). The number of aromatic nitrogens is 2. The van der Waals surface area contributed by atoms with Crippen LogP contribution in [0.25, 0.3) is 0 Å². The molecule has 28 heteroatoms. The molecule has 334 valence electrons. The normalized spacial score (nSPS) is 25.2. The Morgan fingerprint density at radius 2 is 1.64 bits per heavy atom. The number of ether oxygens (including phenoxy) is 3. The Morgan fingerprint density at radius 3 is 2.27 bits per heavy atom. The molecular weight excluding hydrogens is 867 g/mol. The Labute approximate surface area is 335 Å². The van der Waals surface area contributed by atoms with Gasteiger partial charge in [0.15, 0.2) is 6.23 Å². The number of alkyl halides is 9. The summed E-state index contributed by atoms with van der Waals surface area (Å²) in [7, 11) is 0. The van der Waals surface area contributed by atoms with Crippen LogP contribution in [0.15, 0.2) is 21.9 Å². The predicted octanol–water partition coefficient (Wildman–Crippen LogP) is 1.34. The van der Waals surface area contributed by atoms with E-state index in [1.165, 1.54) is 0 Å². The topological polar surface area (TPSA) is 227 Å². The lowest BCUT2D eigenvalue weighted by molar-refractivity contribution is -1.17. The molecule has 3 saturated heterocycles. The summed E-state index contributed by atoms with van der Waals surface area (Å²) in [5.74, 6) is -2.81. The third kappa shape index (κ3) is 11.8. The van der Waals surface area contributed by atoms with E-state index in [9.17, 15) is 78.5 Å². The van der Waals surface area contributed by atoms with Crippen molar-refractivity contribution >= 4 is 47.4 Å². The van der Waals surface area contributed by atoms with Crippen molar-refractivity contribution in [3.63, 3.8) is 0 Å². The van der Waals surface area contributed by atoms with Crippen LogP contribution in [0, 0.1) is 0 Å². The molecule has 3 aliphatic rings. The van der Waals surface area contributed by atoms with E-state index < -0.39 is 121 Å². The van der Waals surface area contributed by atoms with Gasteiger partial charge in [-0.05, 0) is 17.3 Å². The number of halogens is 9. The maximum atomic E-state index is 13.2. The Bertz CT molecular complexity index is 1730. The molecule has 3 amide bonds. The number of carbonyl (C=O) groups excluding carboxylic acids is 4.